The zero-order valence-corrected chi connectivity index (χ0v) is 18.6. The molecule has 156 valence electrons. The summed E-state index contributed by atoms with van der Waals surface area (Å²) in [6, 6.07) is 15.2. The summed E-state index contributed by atoms with van der Waals surface area (Å²) in [6.07, 6.45) is 1.83. The van der Waals surface area contributed by atoms with Crippen molar-refractivity contribution in [3.63, 3.8) is 0 Å². The maximum atomic E-state index is 13.4. The van der Waals surface area contributed by atoms with Crippen LogP contribution in [0.15, 0.2) is 48.5 Å². The Kier molecular flexibility index (Phi) is 6.11. The SMILES string of the molecule is Cc1nnc([C@H]2CCCN2C(=O)C(C)c2cccc(Cl)c2)n1Cc1ccc(Cl)cc1. The zero-order valence-electron chi connectivity index (χ0n) is 17.1. The van der Waals surface area contributed by atoms with Crippen molar-refractivity contribution in [1.29, 1.82) is 0 Å². The third kappa shape index (κ3) is 4.23. The summed E-state index contributed by atoms with van der Waals surface area (Å²) >= 11 is 12.2. The van der Waals surface area contributed by atoms with Crippen LogP contribution in [0.5, 0.6) is 0 Å². The van der Waals surface area contributed by atoms with Crippen LogP contribution in [0.25, 0.3) is 0 Å². The van der Waals surface area contributed by atoms with Crippen molar-refractivity contribution < 1.29 is 4.79 Å². The van der Waals surface area contributed by atoms with Crippen LogP contribution in [-0.2, 0) is 11.3 Å². The number of halogens is 2. The second-order valence-corrected chi connectivity index (χ2v) is 8.66. The molecule has 0 saturated carbocycles. The van der Waals surface area contributed by atoms with Crippen LogP contribution in [0, 0.1) is 6.92 Å². The van der Waals surface area contributed by atoms with Crippen molar-refractivity contribution in [3.8, 4) is 0 Å². The van der Waals surface area contributed by atoms with Crippen LogP contribution < -0.4 is 0 Å². The molecule has 7 heteroatoms. The van der Waals surface area contributed by atoms with E-state index < -0.39 is 0 Å². The largest absolute Gasteiger partial charge is 0.332 e. The van der Waals surface area contributed by atoms with Crippen molar-refractivity contribution in [1.82, 2.24) is 19.7 Å². The topological polar surface area (TPSA) is 51.0 Å². The van der Waals surface area contributed by atoms with E-state index in [0.717, 1.165) is 42.2 Å². The van der Waals surface area contributed by atoms with Crippen molar-refractivity contribution in [2.24, 2.45) is 0 Å². The molecule has 2 atom stereocenters. The van der Waals surface area contributed by atoms with Gasteiger partial charge in [-0.05, 0) is 62.1 Å². The summed E-state index contributed by atoms with van der Waals surface area (Å²) in [5.41, 5.74) is 2.05. The van der Waals surface area contributed by atoms with E-state index in [1.165, 1.54) is 0 Å². The van der Waals surface area contributed by atoms with Crippen molar-refractivity contribution in [3.05, 3.63) is 81.4 Å². The molecule has 0 bridgehead atoms. The average molecular weight is 443 g/mol. The van der Waals surface area contributed by atoms with E-state index in [1.54, 1.807) is 0 Å². The van der Waals surface area contributed by atoms with Crippen molar-refractivity contribution in [2.75, 3.05) is 6.54 Å². The van der Waals surface area contributed by atoms with Crippen molar-refractivity contribution >= 4 is 29.1 Å². The second kappa shape index (κ2) is 8.78. The lowest BCUT2D eigenvalue weighted by Crippen LogP contribution is -2.35. The standard InChI is InChI=1S/C23H24Cl2N4O/c1-15(18-5-3-6-20(25)13-18)23(30)28-12-4-7-21(28)22-27-26-16(2)29(22)14-17-8-10-19(24)11-9-17/h3,5-6,8-11,13,15,21H,4,7,12,14H2,1-2H3/t15?,21-/m1/s1. The zero-order chi connectivity index (χ0) is 21.3. The van der Waals surface area contributed by atoms with Gasteiger partial charge in [-0.15, -0.1) is 10.2 Å². The molecule has 1 aromatic heterocycles. The molecule has 0 N–H and O–H groups in total. The van der Waals surface area contributed by atoms with Gasteiger partial charge in [0, 0.05) is 16.6 Å². The number of aryl methyl sites for hydroxylation is 1. The van der Waals surface area contributed by atoms with Crippen LogP contribution in [0.2, 0.25) is 10.0 Å². The Morgan fingerprint density at radius 1 is 1.13 bits per heavy atom. The first kappa shape index (κ1) is 20.9. The number of hydrogen-bond acceptors (Lipinski definition) is 3. The number of aromatic nitrogens is 3. The number of carbonyl (C=O) groups is 1. The summed E-state index contributed by atoms with van der Waals surface area (Å²) in [6.45, 7) is 5.25. The Balaban J connectivity index is 1.59. The molecule has 1 aliphatic rings. The third-order valence-electron chi connectivity index (χ3n) is 5.77. The minimum absolute atomic E-state index is 0.0763. The minimum Gasteiger partial charge on any atom is -0.332 e. The Hall–Kier alpha value is -2.37. The Labute approximate surface area is 186 Å². The normalized spacial score (nSPS) is 17.3. The van der Waals surface area contributed by atoms with Crippen LogP contribution in [0.4, 0.5) is 0 Å². The molecule has 1 aliphatic heterocycles. The van der Waals surface area contributed by atoms with Gasteiger partial charge in [0.2, 0.25) is 5.91 Å². The quantitative estimate of drug-likeness (QED) is 0.530. The molecule has 30 heavy (non-hydrogen) atoms. The first-order chi connectivity index (χ1) is 14.4. The number of amides is 1. The minimum atomic E-state index is -0.266. The summed E-state index contributed by atoms with van der Waals surface area (Å²) in [5, 5.41) is 10.1. The number of rotatable bonds is 5. The lowest BCUT2D eigenvalue weighted by atomic mass is 9.99. The van der Waals surface area contributed by atoms with Gasteiger partial charge < -0.3 is 9.47 Å². The van der Waals surface area contributed by atoms with E-state index in [-0.39, 0.29) is 17.9 Å². The van der Waals surface area contributed by atoms with Gasteiger partial charge in [0.05, 0.1) is 18.5 Å². The second-order valence-electron chi connectivity index (χ2n) is 7.78. The lowest BCUT2D eigenvalue weighted by Gasteiger charge is -2.27. The first-order valence-corrected chi connectivity index (χ1v) is 10.9. The third-order valence-corrected chi connectivity index (χ3v) is 6.26. The van der Waals surface area contributed by atoms with Gasteiger partial charge in [0.15, 0.2) is 5.82 Å². The number of hydrogen-bond donors (Lipinski definition) is 0. The van der Waals surface area contributed by atoms with E-state index in [0.29, 0.717) is 16.6 Å². The summed E-state index contributed by atoms with van der Waals surface area (Å²) in [7, 11) is 0. The number of carbonyl (C=O) groups excluding carboxylic acids is 1. The molecule has 5 nitrogen and oxygen atoms in total. The average Bonchev–Trinajstić information content (AvgIpc) is 3.35. The molecule has 4 rings (SSSR count). The Morgan fingerprint density at radius 2 is 1.90 bits per heavy atom. The van der Waals surface area contributed by atoms with Gasteiger partial charge in [0.25, 0.3) is 0 Å². The lowest BCUT2D eigenvalue weighted by molar-refractivity contribution is -0.133. The van der Waals surface area contributed by atoms with Crippen LogP contribution in [0.3, 0.4) is 0 Å². The smallest absolute Gasteiger partial charge is 0.230 e. The molecule has 3 aromatic rings. The fourth-order valence-corrected chi connectivity index (χ4v) is 4.40. The van der Waals surface area contributed by atoms with Gasteiger partial charge in [-0.2, -0.15) is 0 Å². The molecule has 1 amide bonds. The first-order valence-electron chi connectivity index (χ1n) is 10.1. The predicted octanol–water partition coefficient (Wildman–Crippen LogP) is 5.41. The summed E-state index contributed by atoms with van der Waals surface area (Å²) in [4.78, 5) is 15.3. The molecule has 0 spiro atoms. The highest BCUT2D eigenvalue weighted by atomic mass is 35.5. The van der Waals surface area contributed by atoms with E-state index in [2.05, 4.69) is 14.8 Å². The Morgan fingerprint density at radius 3 is 2.63 bits per heavy atom. The van der Waals surface area contributed by atoms with Gasteiger partial charge in [-0.1, -0.05) is 47.5 Å². The molecular weight excluding hydrogens is 419 g/mol. The molecule has 2 aromatic carbocycles. The van der Waals surface area contributed by atoms with Gasteiger partial charge in [-0.25, -0.2) is 0 Å². The molecule has 0 radical (unpaired) electrons. The molecule has 1 saturated heterocycles. The maximum Gasteiger partial charge on any atom is 0.230 e. The summed E-state index contributed by atoms with van der Waals surface area (Å²) in [5.74, 6) is 1.50. The predicted molar refractivity (Wildman–Crippen MR) is 119 cm³/mol. The highest BCUT2D eigenvalue weighted by molar-refractivity contribution is 6.30. The number of benzene rings is 2. The number of nitrogens with zero attached hydrogens (tertiary/aromatic N) is 4. The van der Waals surface area contributed by atoms with Gasteiger partial charge in [0.1, 0.15) is 5.82 Å². The monoisotopic (exact) mass is 442 g/mol. The summed E-state index contributed by atoms with van der Waals surface area (Å²) < 4.78 is 2.10. The van der Waals surface area contributed by atoms with Crippen molar-refractivity contribution in [2.45, 2.75) is 45.2 Å². The van der Waals surface area contributed by atoms with Crippen LogP contribution in [-0.4, -0.2) is 32.1 Å². The molecular formula is C23H24Cl2N4O. The fourth-order valence-electron chi connectivity index (χ4n) is 4.08. The van der Waals surface area contributed by atoms with E-state index in [1.807, 2.05) is 67.3 Å². The molecule has 0 aliphatic carbocycles. The maximum absolute atomic E-state index is 13.4. The number of likely N-dealkylation sites (tertiary alicyclic amines) is 1. The Bertz CT molecular complexity index is 1050. The van der Waals surface area contributed by atoms with Crippen LogP contribution >= 0.6 is 23.2 Å². The van der Waals surface area contributed by atoms with E-state index in [4.69, 9.17) is 23.2 Å². The molecule has 1 fully saturated rings. The molecule has 2 heterocycles. The van der Waals surface area contributed by atoms with Gasteiger partial charge in [-0.3, -0.25) is 4.79 Å². The van der Waals surface area contributed by atoms with Gasteiger partial charge >= 0.3 is 0 Å². The fraction of sp³-hybridized carbons (Fsp3) is 0.348. The highest BCUT2D eigenvalue weighted by Gasteiger charge is 2.36. The molecule has 1 unspecified atom stereocenters. The van der Waals surface area contributed by atoms with E-state index in [9.17, 15) is 4.79 Å². The van der Waals surface area contributed by atoms with E-state index >= 15 is 0 Å². The highest BCUT2D eigenvalue weighted by Crippen LogP contribution is 2.34. The van der Waals surface area contributed by atoms with Crippen LogP contribution in [0.1, 0.15) is 54.5 Å².